The van der Waals surface area contributed by atoms with E-state index in [1.165, 1.54) is 0 Å². The molecule has 0 amide bonds. The number of hydrogen-bond acceptors (Lipinski definition) is 2. The average Bonchev–Trinajstić information content (AvgIpc) is 2.83. The SMILES string of the molecule is OCc1ccn2cc(-c3cc(F)ccc3F)nc2c1. The number of nitrogens with zero attached hydrogens (tertiary/aromatic N) is 2. The van der Waals surface area contributed by atoms with E-state index in [9.17, 15) is 8.78 Å². The Morgan fingerprint density at radius 3 is 2.79 bits per heavy atom. The molecule has 0 radical (unpaired) electrons. The summed E-state index contributed by atoms with van der Waals surface area (Å²) in [6.07, 6.45) is 3.34. The van der Waals surface area contributed by atoms with Crippen LogP contribution in [0.15, 0.2) is 42.7 Å². The number of rotatable bonds is 2. The van der Waals surface area contributed by atoms with Crippen LogP contribution < -0.4 is 0 Å². The zero-order chi connectivity index (χ0) is 13.4. The Kier molecular flexibility index (Phi) is 2.76. The van der Waals surface area contributed by atoms with Crippen molar-refractivity contribution in [2.24, 2.45) is 0 Å². The van der Waals surface area contributed by atoms with Crippen LogP contribution in [0.1, 0.15) is 5.56 Å². The maximum atomic E-state index is 13.7. The van der Waals surface area contributed by atoms with Crippen LogP contribution in [0.25, 0.3) is 16.9 Å². The third kappa shape index (κ3) is 2.08. The Labute approximate surface area is 107 Å². The largest absolute Gasteiger partial charge is 0.392 e. The van der Waals surface area contributed by atoms with Crippen molar-refractivity contribution in [3.05, 3.63) is 59.9 Å². The second-order valence-corrected chi connectivity index (χ2v) is 4.21. The first kappa shape index (κ1) is 11.8. The molecule has 0 aliphatic rings. The van der Waals surface area contributed by atoms with E-state index in [1.807, 2.05) is 0 Å². The van der Waals surface area contributed by atoms with E-state index in [2.05, 4.69) is 4.98 Å². The number of aliphatic hydroxyl groups excluding tert-OH is 1. The van der Waals surface area contributed by atoms with Gasteiger partial charge in [0.15, 0.2) is 0 Å². The Morgan fingerprint density at radius 1 is 1.16 bits per heavy atom. The summed E-state index contributed by atoms with van der Waals surface area (Å²) in [7, 11) is 0. The molecule has 3 nitrogen and oxygen atoms in total. The summed E-state index contributed by atoms with van der Waals surface area (Å²) in [5.41, 5.74) is 1.76. The summed E-state index contributed by atoms with van der Waals surface area (Å²) >= 11 is 0. The minimum Gasteiger partial charge on any atom is -0.392 e. The Balaban J connectivity index is 2.17. The van der Waals surface area contributed by atoms with Gasteiger partial charge in [0, 0.05) is 18.0 Å². The van der Waals surface area contributed by atoms with Crippen molar-refractivity contribution in [1.82, 2.24) is 9.38 Å². The predicted octanol–water partition coefficient (Wildman–Crippen LogP) is 2.77. The zero-order valence-corrected chi connectivity index (χ0v) is 9.85. The van der Waals surface area contributed by atoms with E-state index in [4.69, 9.17) is 5.11 Å². The predicted molar refractivity (Wildman–Crippen MR) is 66.5 cm³/mol. The minimum atomic E-state index is -0.521. The fourth-order valence-electron chi connectivity index (χ4n) is 1.95. The molecule has 0 unspecified atom stereocenters. The number of hydrogen-bond donors (Lipinski definition) is 1. The van der Waals surface area contributed by atoms with Gasteiger partial charge in [0.25, 0.3) is 0 Å². The van der Waals surface area contributed by atoms with E-state index in [-0.39, 0.29) is 12.2 Å². The van der Waals surface area contributed by atoms with Gasteiger partial charge in [-0.1, -0.05) is 0 Å². The van der Waals surface area contributed by atoms with Crippen molar-refractivity contribution in [2.45, 2.75) is 6.61 Å². The summed E-state index contributed by atoms with van der Waals surface area (Å²) in [5, 5.41) is 9.05. The van der Waals surface area contributed by atoms with Crippen molar-refractivity contribution >= 4 is 5.65 Å². The summed E-state index contributed by atoms with van der Waals surface area (Å²) < 4.78 is 28.5. The molecule has 1 N–H and O–H groups in total. The van der Waals surface area contributed by atoms with Gasteiger partial charge in [0.05, 0.1) is 12.3 Å². The molecule has 96 valence electrons. The lowest BCUT2D eigenvalue weighted by Gasteiger charge is -1.98. The van der Waals surface area contributed by atoms with E-state index in [0.29, 0.717) is 16.9 Å². The molecule has 3 aromatic rings. The standard InChI is InChI=1S/C14H10F2N2O/c15-10-1-2-12(16)11(6-10)13-7-18-4-3-9(8-19)5-14(18)17-13/h1-7,19H,8H2. The van der Waals surface area contributed by atoms with Gasteiger partial charge in [-0.05, 0) is 35.9 Å². The lowest BCUT2D eigenvalue weighted by molar-refractivity contribution is 0.282. The number of benzene rings is 1. The molecular weight excluding hydrogens is 250 g/mol. The first-order valence-corrected chi connectivity index (χ1v) is 5.71. The summed E-state index contributed by atoms with van der Waals surface area (Å²) in [4.78, 5) is 4.24. The topological polar surface area (TPSA) is 37.5 Å². The molecule has 0 saturated carbocycles. The van der Waals surface area contributed by atoms with Crippen LogP contribution in [0.5, 0.6) is 0 Å². The van der Waals surface area contributed by atoms with Crippen LogP contribution in [-0.4, -0.2) is 14.5 Å². The highest BCUT2D eigenvalue weighted by Crippen LogP contribution is 2.23. The zero-order valence-electron chi connectivity index (χ0n) is 9.85. The van der Waals surface area contributed by atoms with Gasteiger partial charge >= 0.3 is 0 Å². The lowest BCUT2D eigenvalue weighted by atomic mass is 10.1. The fourth-order valence-corrected chi connectivity index (χ4v) is 1.95. The summed E-state index contributed by atoms with van der Waals surface area (Å²) in [5.74, 6) is -1.03. The molecule has 2 heterocycles. The van der Waals surface area contributed by atoms with Crippen LogP contribution in [0, 0.1) is 11.6 Å². The summed E-state index contributed by atoms with van der Waals surface area (Å²) in [6, 6.07) is 6.69. The first-order valence-electron chi connectivity index (χ1n) is 5.71. The molecule has 0 fully saturated rings. The Hall–Kier alpha value is -2.27. The van der Waals surface area contributed by atoms with Crippen molar-refractivity contribution < 1.29 is 13.9 Å². The number of halogens is 2. The molecule has 3 rings (SSSR count). The van der Waals surface area contributed by atoms with Crippen molar-refractivity contribution in [1.29, 1.82) is 0 Å². The number of aromatic nitrogens is 2. The van der Waals surface area contributed by atoms with E-state index in [1.54, 1.807) is 28.9 Å². The number of pyridine rings is 1. The van der Waals surface area contributed by atoms with Gasteiger partial charge in [-0.3, -0.25) is 0 Å². The molecule has 0 bridgehead atoms. The van der Waals surface area contributed by atoms with Crippen LogP contribution in [0.3, 0.4) is 0 Å². The average molecular weight is 260 g/mol. The van der Waals surface area contributed by atoms with Gasteiger partial charge in [0.2, 0.25) is 0 Å². The molecule has 2 aromatic heterocycles. The highest BCUT2D eigenvalue weighted by Gasteiger charge is 2.10. The van der Waals surface area contributed by atoms with Crippen LogP contribution in [0.4, 0.5) is 8.78 Å². The number of imidazole rings is 1. The van der Waals surface area contributed by atoms with Gasteiger partial charge in [-0.2, -0.15) is 0 Å². The second kappa shape index (κ2) is 4.44. The van der Waals surface area contributed by atoms with Gasteiger partial charge in [0.1, 0.15) is 17.3 Å². The third-order valence-corrected chi connectivity index (χ3v) is 2.91. The fraction of sp³-hybridized carbons (Fsp3) is 0.0714. The molecule has 0 saturated heterocycles. The van der Waals surface area contributed by atoms with Crippen LogP contribution in [0.2, 0.25) is 0 Å². The second-order valence-electron chi connectivity index (χ2n) is 4.21. The molecular formula is C14H10F2N2O. The molecule has 0 aliphatic heterocycles. The monoisotopic (exact) mass is 260 g/mol. The van der Waals surface area contributed by atoms with Crippen LogP contribution >= 0.6 is 0 Å². The van der Waals surface area contributed by atoms with Crippen LogP contribution in [-0.2, 0) is 6.61 Å². The Morgan fingerprint density at radius 2 is 2.00 bits per heavy atom. The number of fused-ring (bicyclic) bond motifs is 1. The smallest absolute Gasteiger partial charge is 0.137 e. The van der Waals surface area contributed by atoms with E-state index >= 15 is 0 Å². The third-order valence-electron chi connectivity index (χ3n) is 2.91. The Bertz CT molecular complexity index is 752. The highest BCUT2D eigenvalue weighted by molar-refractivity contribution is 5.63. The molecule has 0 aliphatic carbocycles. The lowest BCUT2D eigenvalue weighted by Crippen LogP contribution is -1.87. The maximum Gasteiger partial charge on any atom is 0.137 e. The van der Waals surface area contributed by atoms with Gasteiger partial charge < -0.3 is 9.51 Å². The summed E-state index contributed by atoms with van der Waals surface area (Å²) in [6.45, 7) is -0.0903. The molecule has 1 aromatic carbocycles. The van der Waals surface area contributed by atoms with Crippen molar-refractivity contribution in [3.63, 3.8) is 0 Å². The van der Waals surface area contributed by atoms with E-state index in [0.717, 1.165) is 18.2 Å². The molecule has 19 heavy (non-hydrogen) atoms. The van der Waals surface area contributed by atoms with Crippen molar-refractivity contribution in [3.8, 4) is 11.3 Å². The molecule has 0 atom stereocenters. The minimum absolute atomic E-state index is 0.0903. The van der Waals surface area contributed by atoms with E-state index < -0.39 is 11.6 Å². The molecule has 5 heteroatoms. The number of aliphatic hydroxyl groups is 1. The van der Waals surface area contributed by atoms with Gasteiger partial charge in [-0.25, -0.2) is 13.8 Å². The highest BCUT2D eigenvalue weighted by atomic mass is 19.1. The van der Waals surface area contributed by atoms with Crippen molar-refractivity contribution in [2.75, 3.05) is 0 Å². The molecule has 0 spiro atoms. The normalized spacial score (nSPS) is 11.1. The first-order chi connectivity index (χ1) is 9.17. The maximum absolute atomic E-state index is 13.7. The quantitative estimate of drug-likeness (QED) is 0.769. The van der Waals surface area contributed by atoms with Gasteiger partial charge in [-0.15, -0.1) is 0 Å².